The van der Waals surface area contributed by atoms with Crippen LogP contribution in [0.3, 0.4) is 0 Å². The van der Waals surface area contributed by atoms with Gasteiger partial charge in [-0.05, 0) is 19.1 Å². The number of aromatic amines is 1. The largest absolute Gasteiger partial charge is 0.416 e. The lowest BCUT2D eigenvalue weighted by Gasteiger charge is -2.08. The molecule has 0 bridgehead atoms. The van der Waals surface area contributed by atoms with Gasteiger partial charge in [-0.15, -0.1) is 0 Å². The Morgan fingerprint density at radius 1 is 1.15 bits per heavy atom. The number of alkyl halides is 3. The number of hydrogen-bond acceptors (Lipinski definition) is 7. The number of fused-ring (bicyclic) bond motifs is 1. The summed E-state index contributed by atoms with van der Waals surface area (Å²) in [5.74, 6) is 1.18. The summed E-state index contributed by atoms with van der Waals surface area (Å²) in [5, 5.41) is 9.54. The van der Waals surface area contributed by atoms with Gasteiger partial charge < -0.3 is 11.1 Å². The van der Waals surface area contributed by atoms with Crippen molar-refractivity contribution in [2.24, 2.45) is 0 Å². The van der Waals surface area contributed by atoms with Crippen molar-refractivity contribution >= 4 is 23.2 Å². The van der Waals surface area contributed by atoms with Crippen molar-refractivity contribution in [3.05, 3.63) is 42.0 Å². The molecule has 0 saturated carbocycles. The predicted molar refractivity (Wildman–Crippen MR) is 90.0 cm³/mol. The molecule has 0 radical (unpaired) electrons. The first kappa shape index (κ1) is 16.8. The van der Waals surface area contributed by atoms with Crippen LogP contribution in [0.15, 0.2) is 30.6 Å². The fourth-order valence-corrected chi connectivity index (χ4v) is 2.58. The van der Waals surface area contributed by atoms with Crippen LogP contribution in [0.5, 0.6) is 0 Å². The zero-order valence-corrected chi connectivity index (χ0v) is 13.8. The molecule has 0 aliphatic carbocycles. The Morgan fingerprint density at radius 2 is 1.96 bits per heavy atom. The second kappa shape index (κ2) is 5.93. The first-order valence-electron chi connectivity index (χ1n) is 7.66. The number of H-pyrrole nitrogens is 1. The third-order valence-corrected chi connectivity index (χ3v) is 3.68. The molecule has 0 saturated heterocycles. The van der Waals surface area contributed by atoms with Gasteiger partial charge >= 0.3 is 6.18 Å². The normalized spacial score (nSPS) is 11.9. The quantitative estimate of drug-likeness (QED) is 0.503. The third kappa shape index (κ3) is 3.12. The molecule has 0 aromatic carbocycles. The lowest BCUT2D eigenvalue weighted by molar-refractivity contribution is -0.137. The van der Waals surface area contributed by atoms with Gasteiger partial charge in [0.1, 0.15) is 17.2 Å². The van der Waals surface area contributed by atoms with E-state index in [1.54, 1.807) is 19.2 Å². The van der Waals surface area contributed by atoms with E-state index in [-0.39, 0.29) is 23.2 Å². The fourth-order valence-electron chi connectivity index (χ4n) is 2.58. The van der Waals surface area contributed by atoms with Crippen LogP contribution in [0, 0.1) is 6.92 Å². The van der Waals surface area contributed by atoms with Crippen molar-refractivity contribution in [2.45, 2.75) is 13.1 Å². The van der Waals surface area contributed by atoms with Crippen LogP contribution >= 0.6 is 0 Å². The summed E-state index contributed by atoms with van der Waals surface area (Å²) in [5.41, 5.74) is 5.28. The van der Waals surface area contributed by atoms with Gasteiger partial charge in [0, 0.05) is 18.5 Å². The van der Waals surface area contributed by atoms with Crippen LogP contribution in [-0.4, -0.2) is 34.5 Å². The van der Waals surface area contributed by atoms with Crippen molar-refractivity contribution in [2.75, 3.05) is 11.1 Å². The van der Waals surface area contributed by atoms with Crippen LogP contribution < -0.4 is 11.1 Å². The van der Waals surface area contributed by atoms with Crippen molar-refractivity contribution in [3.8, 4) is 11.5 Å². The molecule has 27 heavy (non-hydrogen) atoms. The molecule has 9 nitrogen and oxygen atoms in total. The van der Waals surface area contributed by atoms with Crippen molar-refractivity contribution in [3.63, 3.8) is 0 Å². The first-order valence-corrected chi connectivity index (χ1v) is 7.66. The number of rotatable bonds is 3. The lowest BCUT2D eigenvalue weighted by Crippen LogP contribution is -2.06. The highest BCUT2D eigenvalue weighted by Crippen LogP contribution is 2.33. The Morgan fingerprint density at radius 3 is 2.63 bits per heavy atom. The van der Waals surface area contributed by atoms with Crippen LogP contribution in [0.4, 0.5) is 30.8 Å². The topological polar surface area (TPSA) is 123 Å². The number of aryl methyl sites for hydroxylation is 1. The molecule has 4 N–H and O–H groups in total. The monoisotopic (exact) mass is 375 g/mol. The molecule has 0 amide bonds. The number of nitrogens with two attached hydrogens (primary N) is 1. The van der Waals surface area contributed by atoms with E-state index in [4.69, 9.17) is 5.73 Å². The standard InChI is InChI=1S/C15H12F3N9/c1-7-21-12(25-14(19)22-7)11-13(23-9-2-4-20-26-9)24-10-6-8(15(16,17)18)3-5-27(10)11/h2-6H,1H3,(H2,20,23,26)(H2,19,21,22,25). The Balaban J connectivity index is 1.95. The number of nitrogen functional groups attached to an aromatic ring is 1. The summed E-state index contributed by atoms with van der Waals surface area (Å²) in [6, 6.07) is 3.53. The van der Waals surface area contributed by atoms with Gasteiger partial charge in [-0.1, -0.05) is 0 Å². The number of halogens is 3. The first-order chi connectivity index (χ1) is 12.8. The van der Waals surface area contributed by atoms with E-state index in [0.717, 1.165) is 12.1 Å². The molecular formula is C15H12F3N9. The number of anilines is 3. The molecule has 0 unspecified atom stereocenters. The van der Waals surface area contributed by atoms with Gasteiger partial charge in [-0.3, -0.25) is 9.50 Å². The maximum Gasteiger partial charge on any atom is 0.416 e. The van der Waals surface area contributed by atoms with Crippen LogP contribution in [0.25, 0.3) is 17.2 Å². The molecule has 4 rings (SSSR count). The average molecular weight is 375 g/mol. The Hall–Kier alpha value is -3.70. The number of imidazole rings is 1. The molecule has 4 aromatic heterocycles. The Labute approximate surface area is 149 Å². The molecule has 0 aliphatic heterocycles. The summed E-state index contributed by atoms with van der Waals surface area (Å²) in [4.78, 5) is 16.5. The highest BCUT2D eigenvalue weighted by Gasteiger charge is 2.31. The van der Waals surface area contributed by atoms with E-state index in [0.29, 0.717) is 17.3 Å². The summed E-state index contributed by atoms with van der Waals surface area (Å²) in [6.45, 7) is 1.63. The van der Waals surface area contributed by atoms with Gasteiger partial charge in [-0.2, -0.15) is 28.2 Å². The number of nitrogens with one attached hydrogen (secondary N) is 2. The summed E-state index contributed by atoms with van der Waals surface area (Å²) in [7, 11) is 0. The maximum atomic E-state index is 13.0. The second-order valence-corrected chi connectivity index (χ2v) is 5.60. The van der Waals surface area contributed by atoms with E-state index in [1.165, 1.54) is 10.6 Å². The minimum absolute atomic E-state index is 0.00918. The van der Waals surface area contributed by atoms with Gasteiger partial charge in [-0.25, -0.2) is 9.97 Å². The van der Waals surface area contributed by atoms with E-state index in [2.05, 4.69) is 35.5 Å². The SMILES string of the molecule is Cc1nc(N)nc(-c2c(Nc3cc[nH]n3)nc3cc(C(F)(F)F)ccn23)n1. The van der Waals surface area contributed by atoms with Crippen molar-refractivity contribution in [1.29, 1.82) is 0 Å². The van der Waals surface area contributed by atoms with E-state index >= 15 is 0 Å². The zero-order valence-electron chi connectivity index (χ0n) is 13.8. The molecule has 4 aromatic rings. The van der Waals surface area contributed by atoms with Crippen LogP contribution in [0.2, 0.25) is 0 Å². The number of pyridine rings is 1. The molecular weight excluding hydrogens is 363 g/mol. The molecule has 0 fully saturated rings. The van der Waals surface area contributed by atoms with Gasteiger partial charge in [0.2, 0.25) is 5.95 Å². The van der Waals surface area contributed by atoms with Gasteiger partial charge in [0.05, 0.1) is 5.56 Å². The molecule has 0 aliphatic rings. The number of hydrogen-bond donors (Lipinski definition) is 3. The zero-order chi connectivity index (χ0) is 19.2. The van der Waals surface area contributed by atoms with Gasteiger partial charge in [0.15, 0.2) is 17.5 Å². The maximum absolute atomic E-state index is 13.0. The highest BCUT2D eigenvalue weighted by atomic mass is 19.4. The third-order valence-electron chi connectivity index (χ3n) is 3.68. The van der Waals surface area contributed by atoms with E-state index in [1.807, 2.05) is 0 Å². The molecule has 138 valence electrons. The lowest BCUT2D eigenvalue weighted by atomic mass is 10.2. The molecule has 0 spiro atoms. The van der Waals surface area contributed by atoms with Gasteiger partial charge in [0.25, 0.3) is 0 Å². The van der Waals surface area contributed by atoms with Crippen molar-refractivity contribution in [1.82, 2.24) is 34.5 Å². The highest BCUT2D eigenvalue weighted by molar-refractivity contribution is 5.76. The summed E-state index contributed by atoms with van der Waals surface area (Å²) < 4.78 is 40.6. The molecule has 0 atom stereocenters. The van der Waals surface area contributed by atoms with E-state index in [9.17, 15) is 13.2 Å². The summed E-state index contributed by atoms with van der Waals surface area (Å²) >= 11 is 0. The summed E-state index contributed by atoms with van der Waals surface area (Å²) in [6.07, 6.45) is -1.64. The fraction of sp³-hybridized carbons (Fsp3) is 0.133. The average Bonchev–Trinajstić information content (AvgIpc) is 3.19. The van der Waals surface area contributed by atoms with Crippen LogP contribution in [-0.2, 0) is 6.18 Å². The predicted octanol–water partition coefficient (Wildman–Crippen LogP) is 2.56. The van der Waals surface area contributed by atoms with Crippen LogP contribution in [0.1, 0.15) is 11.4 Å². The molecule has 4 heterocycles. The van der Waals surface area contributed by atoms with Crippen molar-refractivity contribution < 1.29 is 13.2 Å². The second-order valence-electron chi connectivity index (χ2n) is 5.60. The minimum atomic E-state index is -4.49. The number of aromatic nitrogens is 7. The smallest absolute Gasteiger partial charge is 0.368 e. The van der Waals surface area contributed by atoms with E-state index < -0.39 is 11.7 Å². The Bertz CT molecular complexity index is 1100. The number of nitrogens with zero attached hydrogens (tertiary/aromatic N) is 6. The minimum Gasteiger partial charge on any atom is -0.368 e. The molecule has 12 heteroatoms. The Kier molecular flexibility index (Phi) is 3.68.